The van der Waals surface area contributed by atoms with E-state index in [1.807, 2.05) is 0 Å². The zero-order valence-electron chi connectivity index (χ0n) is 12.4. The van der Waals surface area contributed by atoms with Gasteiger partial charge in [-0.3, -0.25) is 4.57 Å². The largest absolute Gasteiger partial charge is 0.449 e. The molecule has 3 rings (SSSR count). The van der Waals surface area contributed by atoms with Crippen LogP contribution in [0.15, 0.2) is 37.1 Å². The number of imidazole rings is 1. The molecular weight excluding hydrogens is 327 g/mol. The minimum atomic E-state index is -4.64. The Hall–Kier alpha value is -2.42. The molecular formula is C15H14F3N3O3. The van der Waals surface area contributed by atoms with Crippen LogP contribution in [0.25, 0.3) is 5.82 Å². The maximum absolute atomic E-state index is 13.1. The molecule has 2 aromatic rings. The van der Waals surface area contributed by atoms with Crippen LogP contribution in [0.4, 0.5) is 13.2 Å². The molecule has 1 fully saturated rings. The molecule has 2 aromatic heterocycles. The molecule has 128 valence electrons. The Bertz CT molecular complexity index is 680. The minimum absolute atomic E-state index is 0.0490. The molecule has 6 nitrogen and oxygen atoms in total. The van der Waals surface area contributed by atoms with Crippen molar-refractivity contribution in [2.24, 2.45) is 5.92 Å². The topological polar surface area (TPSA) is 66.2 Å². The van der Waals surface area contributed by atoms with Gasteiger partial charge in [-0.15, -0.1) is 0 Å². The average Bonchev–Trinajstić information content (AvgIpc) is 3.24. The van der Waals surface area contributed by atoms with Gasteiger partial charge in [0.05, 0.1) is 12.2 Å². The smallest absolute Gasteiger partial charge is 0.425 e. The summed E-state index contributed by atoms with van der Waals surface area (Å²) in [7, 11) is 0. The highest BCUT2D eigenvalue weighted by Gasteiger charge is 2.49. The second kappa shape index (κ2) is 6.60. The number of halogens is 3. The summed E-state index contributed by atoms with van der Waals surface area (Å²) in [6.45, 7) is 0.158. The SMILES string of the molecule is O=C(O[C@@H]([C@@H]1CCOC1)C(F)(F)F)c1ccc(-n2ccnc2)nc1. The van der Waals surface area contributed by atoms with Gasteiger partial charge in [0, 0.05) is 31.1 Å². The van der Waals surface area contributed by atoms with Crippen LogP contribution in [-0.4, -0.2) is 46.0 Å². The van der Waals surface area contributed by atoms with Gasteiger partial charge in [-0.25, -0.2) is 14.8 Å². The standard InChI is InChI=1S/C15H14F3N3O3/c16-15(17,18)13(11-3-6-23-8-11)24-14(22)10-1-2-12(20-7-10)21-5-4-19-9-21/h1-2,4-5,7,9,11,13H,3,6,8H2/t11-,13+/m1/s1. The molecule has 0 amide bonds. The average molecular weight is 341 g/mol. The third-order valence-corrected chi connectivity index (χ3v) is 3.70. The Morgan fingerprint density at radius 3 is 2.79 bits per heavy atom. The highest BCUT2D eigenvalue weighted by Crippen LogP contribution is 2.33. The van der Waals surface area contributed by atoms with Crippen LogP contribution in [0.5, 0.6) is 0 Å². The summed E-state index contributed by atoms with van der Waals surface area (Å²) in [6.07, 6.45) is -0.716. The quantitative estimate of drug-likeness (QED) is 0.799. The molecule has 0 saturated carbocycles. The molecule has 9 heteroatoms. The first-order valence-electron chi connectivity index (χ1n) is 7.25. The fraction of sp³-hybridized carbons (Fsp3) is 0.400. The van der Waals surface area contributed by atoms with Crippen LogP contribution in [0, 0.1) is 5.92 Å². The van der Waals surface area contributed by atoms with E-state index in [2.05, 4.69) is 9.97 Å². The number of carbonyl (C=O) groups is 1. The molecule has 3 heterocycles. The monoisotopic (exact) mass is 341 g/mol. The van der Waals surface area contributed by atoms with Crippen LogP contribution in [0.3, 0.4) is 0 Å². The van der Waals surface area contributed by atoms with E-state index in [9.17, 15) is 18.0 Å². The van der Waals surface area contributed by atoms with Gasteiger partial charge in [0.2, 0.25) is 6.10 Å². The van der Waals surface area contributed by atoms with Crippen LogP contribution in [0.1, 0.15) is 16.8 Å². The Morgan fingerprint density at radius 1 is 1.42 bits per heavy atom. The van der Waals surface area contributed by atoms with Gasteiger partial charge in [0.15, 0.2) is 0 Å². The van der Waals surface area contributed by atoms with Crippen LogP contribution >= 0.6 is 0 Å². The fourth-order valence-corrected chi connectivity index (χ4v) is 2.46. The van der Waals surface area contributed by atoms with Gasteiger partial charge < -0.3 is 9.47 Å². The maximum atomic E-state index is 13.1. The van der Waals surface area contributed by atoms with Crippen molar-refractivity contribution in [2.45, 2.75) is 18.7 Å². The van der Waals surface area contributed by atoms with Gasteiger partial charge in [-0.05, 0) is 18.6 Å². The summed E-state index contributed by atoms with van der Waals surface area (Å²) >= 11 is 0. The first-order valence-corrected chi connectivity index (χ1v) is 7.25. The molecule has 0 N–H and O–H groups in total. The van der Waals surface area contributed by atoms with Gasteiger partial charge in [0.1, 0.15) is 12.1 Å². The summed E-state index contributed by atoms with van der Waals surface area (Å²) in [6, 6.07) is 2.86. The molecule has 1 aliphatic heterocycles. The van der Waals surface area contributed by atoms with E-state index in [-0.39, 0.29) is 25.2 Å². The lowest BCUT2D eigenvalue weighted by Gasteiger charge is -2.24. The lowest BCUT2D eigenvalue weighted by atomic mass is 10.0. The third-order valence-electron chi connectivity index (χ3n) is 3.70. The Balaban J connectivity index is 1.73. The number of carbonyl (C=O) groups excluding carboxylic acids is 1. The normalized spacial score (nSPS) is 19.2. The number of aromatic nitrogens is 3. The van der Waals surface area contributed by atoms with E-state index in [4.69, 9.17) is 9.47 Å². The van der Waals surface area contributed by atoms with Crippen molar-refractivity contribution < 1.29 is 27.4 Å². The van der Waals surface area contributed by atoms with E-state index in [1.54, 1.807) is 17.0 Å². The molecule has 0 bridgehead atoms. The second-order valence-electron chi connectivity index (χ2n) is 5.37. The summed E-state index contributed by atoms with van der Waals surface area (Å²) in [5.74, 6) is -1.46. The number of nitrogens with zero attached hydrogens (tertiary/aromatic N) is 3. The molecule has 0 aromatic carbocycles. The lowest BCUT2D eigenvalue weighted by Crippen LogP contribution is -2.40. The van der Waals surface area contributed by atoms with E-state index in [1.165, 1.54) is 24.7 Å². The Kier molecular flexibility index (Phi) is 4.52. The minimum Gasteiger partial charge on any atom is -0.449 e. The number of rotatable bonds is 4. The summed E-state index contributed by atoms with van der Waals surface area (Å²) in [5.41, 5.74) is -0.0490. The molecule has 0 aliphatic carbocycles. The predicted octanol–water partition coefficient (Wildman–Crippen LogP) is 2.39. The second-order valence-corrected chi connectivity index (χ2v) is 5.37. The molecule has 1 saturated heterocycles. The molecule has 0 unspecified atom stereocenters. The van der Waals surface area contributed by atoms with Crippen LogP contribution < -0.4 is 0 Å². The predicted molar refractivity (Wildman–Crippen MR) is 75.5 cm³/mol. The number of ether oxygens (including phenoxy) is 2. The number of alkyl halides is 3. The summed E-state index contributed by atoms with van der Waals surface area (Å²) < 4.78 is 50.7. The summed E-state index contributed by atoms with van der Waals surface area (Å²) in [5, 5.41) is 0. The van der Waals surface area contributed by atoms with Crippen LogP contribution in [-0.2, 0) is 9.47 Å². The number of hydrogen-bond donors (Lipinski definition) is 0. The molecule has 2 atom stereocenters. The van der Waals surface area contributed by atoms with Crippen molar-refractivity contribution >= 4 is 5.97 Å². The highest BCUT2D eigenvalue weighted by atomic mass is 19.4. The van der Waals surface area contributed by atoms with Gasteiger partial charge in [-0.1, -0.05) is 0 Å². The van der Waals surface area contributed by atoms with Crippen molar-refractivity contribution in [1.29, 1.82) is 0 Å². The van der Waals surface area contributed by atoms with Crippen molar-refractivity contribution in [3.63, 3.8) is 0 Å². The molecule has 0 radical (unpaired) electrons. The molecule has 0 spiro atoms. The van der Waals surface area contributed by atoms with Gasteiger partial charge in [-0.2, -0.15) is 13.2 Å². The van der Waals surface area contributed by atoms with E-state index >= 15 is 0 Å². The van der Waals surface area contributed by atoms with E-state index in [0.717, 1.165) is 0 Å². The number of hydrogen-bond acceptors (Lipinski definition) is 5. The fourth-order valence-electron chi connectivity index (χ4n) is 2.46. The molecule has 24 heavy (non-hydrogen) atoms. The lowest BCUT2D eigenvalue weighted by molar-refractivity contribution is -0.219. The summed E-state index contributed by atoms with van der Waals surface area (Å²) in [4.78, 5) is 19.9. The van der Waals surface area contributed by atoms with Crippen molar-refractivity contribution in [3.05, 3.63) is 42.6 Å². The van der Waals surface area contributed by atoms with Gasteiger partial charge in [0.25, 0.3) is 0 Å². The maximum Gasteiger partial charge on any atom is 0.425 e. The van der Waals surface area contributed by atoms with Crippen molar-refractivity contribution in [2.75, 3.05) is 13.2 Å². The Labute approximate surface area is 135 Å². The van der Waals surface area contributed by atoms with E-state index < -0.39 is 24.2 Å². The number of esters is 1. The van der Waals surface area contributed by atoms with E-state index in [0.29, 0.717) is 5.82 Å². The zero-order chi connectivity index (χ0) is 17.2. The number of pyridine rings is 1. The molecule has 1 aliphatic rings. The first-order chi connectivity index (χ1) is 11.4. The van der Waals surface area contributed by atoms with Crippen molar-refractivity contribution in [1.82, 2.24) is 14.5 Å². The van der Waals surface area contributed by atoms with Crippen molar-refractivity contribution in [3.8, 4) is 5.82 Å². The zero-order valence-corrected chi connectivity index (χ0v) is 12.4. The highest BCUT2D eigenvalue weighted by molar-refractivity contribution is 5.89. The van der Waals surface area contributed by atoms with Gasteiger partial charge >= 0.3 is 12.1 Å². The Morgan fingerprint density at radius 2 is 2.25 bits per heavy atom. The first kappa shape index (κ1) is 16.4. The van der Waals surface area contributed by atoms with Crippen LogP contribution in [0.2, 0.25) is 0 Å². The third kappa shape index (κ3) is 3.56.